The summed E-state index contributed by atoms with van der Waals surface area (Å²) in [7, 11) is 3.08. The molecule has 0 N–H and O–H groups in total. The molecule has 1 aliphatic heterocycles. The van der Waals surface area contributed by atoms with E-state index in [2.05, 4.69) is 54.5 Å². The highest BCUT2D eigenvalue weighted by molar-refractivity contribution is 14.1. The molecule has 0 radical (unpaired) electrons. The fourth-order valence-electron chi connectivity index (χ4n) is 4.88. The van der Waals surface area contributed by atoms with Crippen molar-refractivity contribution in [2.75, 3.05) is 20.8 Å². The minimum Gasteiger partial charge on any atom is -0.493 e. The maximum atomic E-state index is 14.3. The molecule has 0 saturated heterocycles. The lowest BCUT2D eigenvalue weighted by atomic mass is 9.95. The molecule has 228 valence electrons. The van der Waals surface area contributed by atoms with Crippen molar-refractivity contribution in [3.63, 3.8) is 0 Å². The molecule has 2 heterocycles. The normalized spacial score (nSPS) is 14.6. The Morgan fingerprint density at radius 1 is 1.09 bits per heavy atom. The average Bonchev–Trinajstić information content (AvgIpc) is 3.30. The molecule has 0 aliphatic carbocycles. The Balaban J connectivity index is 1.71. The second kappa shape index (κ2) is 14.0. The van der Waals surface area contributed by atoms with Crippen LogP contribution in [0.15, 0.2) is 84.6 Å². The van der Waals surface area contributed by atoms with E-state index in [-0.39, 0.29) is 17.7 Å². The van der Waals surface area contributed by atoms with Crippen LogP contribution in [0.25, 0.3) is 6.08 Å². The van der Waals surface area contributed by atoms with E-state index in [0.717, 1.165) is 19.2 Å². The number of hydrogen-bond donors (Lipinski definition) is 0. The van der Waals surface area contributed by atoms with Gasteiger partial charge in [-0.3, -0.25) is 9.36 Å². The summed E-state index contributed by atoms with van der Waals surface area (Å²) in [6.45, 7) is 4.03. The van der Waals surface area contributed by atoms with E-state index < -0.39 is 12.0 Å². The lowest BCUT2D eigenvalue weighted by molar-refractivity contribution is -0.139. The molecule has 1 aromatic heterocycles. The van der Waals surface area contributed by atoms with Gasteiger partial charge in [0.25, 0.3) is 5.56 Å². The van der Waals surface area contributed by atoms with Gasteiger partial charge < -0.3 is 18.9 Å². The first kappa shape index (κ1) is 32.5. The second-order valence-electron chi connectivity index (χ2n) is 9.61. The molecule has 0 amide bonds. The summed E-state index contributed by atoms with van der Waals surface area (Å²) in [5.41, 5.74) is 2.80. The zero-order chi connectivity index (χ0) is 31.5. The minimum absolute atomic E-state index is 0.174. The Kier molecular flexibility index (Phi) is 10.3. The van der Waals surface area contributed by atoms with Crippen molar-refractivity contribution in [3.8, 4) is 17.2 Å². The molecule has 5 rings (SSSR count). The monoisotopic (exact) mass is 852 g/mol. The van der Waals surface area contributed by atoms with Crippen LogP contribution in [0.4, 0.5) is 0 Å². The maximum Gasteiger partial charge on any atom is 0.338 e. The molecule has 4 aromatic rings. The Bertz CT molecular complexity index is 1960. The minimum atomic E-state index is -0.835. The van der Waals surface area contributed by atoms with E-state index in [0.29, 0.717) is 48.9 Å². The zero-order valence-corrected chi connectivity index (χ0v) is 30.3. The predicted molar refractivity (Wildman–Crippen MR) is 185 cm³/mol. The van der Waals surface area contributed by atoms with Crippen LogP contribution in [-0.4, -0.2) is 31.4 Å². The fraction of sp³-hybridized carbons (Fsp3) is 0.219. The maximum absolute atomic E-state index is 14.3. The molecule has 12 heteroatoms. The van der Waals surface area contributed by atoms with Crippen molar-refractivity contribution in [2.45, 2.75) is 26.5 Å². The Morgan fingerprint density at radius 2 is 1.80 bits per heavy atom. The molecule has 3 aromatic carbocycles. The number of fused-ring (bicyclic) bond motifs is 1. The fourth-order valence-corrected chi connectivity index (χ4v) is 8.16. The number of thiazole rings is 1. The van der Waals surface area contributed by atoms with Gasteiger partial charge in [-0.25, -0.2) is 9.79 Å². The van der Waals surface area contributed by atoms with Gasteiger partial charge >= 0.3 is 5.97 Å². The number of halogens is 3. The number of benzene rings is 3. The highest BCUT2D eigenvalue weighted by Gasteiger charge is 2.35. The number of nitrogens with zero attached hydrogens (tertiary/aromatic N) is 2. The van der Waals surface area contributed by atoms with Crippen molar-refractivity contribution < 1.29 is 23.7 Å². The van der Waals surface area contributed by atoms with Gasteiger partial charge in [0.2, 0.25) is 0 Å². The Labute approximate surface area is 288 Å². The van der Waals surface area contributed by atoms with Gasteiger partial charge in [-0.15, -0.1) is 0 Å². The van der Waals surface area contributed by atoms with Gasteiger partial charge in [0.05, 0.1) is 46.2 Å². The average molecular weight is 854 g/mol. The summed E-state index contributed by atoms with van der Waals surface area (Å²) in [6, 6.07) is 16.4. The predicted octanol–water partition coefficient (Wildman–Crippen LogP) is 6.52. The van der Waals surface area contributed by atoms with Crippen LogP contribution in [-0.2, 0) is 16.1 Å². The summed E-state index contributed by atoms with van der Waals surface area (Å²) in [6.07, 6.45) is 1.81. The third-order valence-corrected chi connectivity index (χ3v) is 9.79. The molecule has 0 unspecified atom stereocenters. The van der Waals surface area contributed by atoms with Crippen LogP contribution in [0.3, 0.4) is 0 Å². The van der Waals surface area contributed by atoms with E-state index in [4.69, 9.17) is 23.9 Å². The first-order valence-electron chi connectivity index (χ1n) is 13.4. The van der Waals surface area contributed by atoms with Crippen LogP contribution in [0.2, 0.25) is 0 Å². The van der Waals surface area contributed by atoms with Crippen molar-refractivity contribution >= 4 is 77.8 Å². The summed E-state index contributed by atoms with van der Waals surface area (Å²) in [5.74, 6) is 1.06. The summed E-state index contributed by atoms with van der Waals surface area (Å²) >= 11 is 10.7. The summed E-state index contributed by atoms with van der Waals surface area (Å²) in [5, 5.41) is 0. The third kappa shape index (κ3) is 6.53. The Morgan fingerprint density at radius 3 is 2.48 bits per heavy atom. The number of carbonyl (C=O) groups excluding carboxylic acids is 1. The molecule has 0 spiro atoms. The number of esters is 1. The number of aromatic nitrogens is 1. The highest BCUT2D eigenvalue weighted by Crippen LogP contribution is 2.41. The molecule has 0 fully saturated rings. The van der Waals surface area contributed by atoms with Crippen molar-refractivity contribution in [1.29, 1.82) is 0 Å². The second-order valence-corrected chi connectivity index (χ2v) is 13.6. The molecule has 44 heavy (non-hydrogen) atoms. The summed E-state index contributed by atoms with van der Waals surface area (Å²) in [4.78, 5) is 32.8. The van der Waals surface area contributed by atoms with Crippen LogP contribution in [0.1, 0.15) is 36.6 Å². The van der Waals surface area contributed by atoms with Crippen LogP contribution in [0, 0.1) is 3.57 Å². The van der Waals surface area contributed by atoms with Crippen molar-refractivity contribution in [1.82, 2.24) is 4.57 Å². The number of hydrogen-bond acceptors (Lipinski definition) is 8. The van der Waals surface area contributed by atoms with Crippen LogP contribution < -0.4 is 29.1 Å². The molecule has 8 nitrogen and oxygen atoms in total. The zero-order valence-electron chi connectivity index (χ0n) is 24.2. The van der Waals surface area contributed by atoms with E-state index in [1.54, 1.807) is 39.2 Å². The SMILES string of the molecule is CCOC(=O)C1=C(C)N=c2s/c(=C\c3cc(Br)cc(I)c3OCc3ccccc3)c(=O)n2[C@@H]1c1cc(OC)c(OC)cc1Br. The quantitative estimate of drug-likeness (QED) is 0.141. The molecule has 1 aliphatic rings. The van der Waals surface area contributed by atoms with Gasteiger partial charge in [-0.1, -0.05) is 73.5 Å². The van der Waals surface area contributed by atoms with Gasteiger partial charge in [-0.2, -0.15) is 0 Å². The molecule has 0 saturated carbocycles. The Hall–Kier alpha value is -2.94. The molecule has 1 atom stereocenters. The number of ether oxygens (including phenoxy) is 4. The van der Waals surface area contributed by atoms with Gasteiger partial charge in [-0.05, 0) is 77.9 Å². The van der Waals surface area contributed by atoms with E-state index in [1.807, 2.05) is 42.5 Å². The number of carbonyl (C=O) groups is 1. The number of rotatable bonds is 9. The van der Waals surface area contributed by atoms with Crippen LogP contribution >= 0.6 is 65.8 Å². The lowest BCUT2D eigenvalue weighted by Crippen LogP contribution is -2.40. The van der Waals surface area contributed by atoms with E-state index >= 15 is 0 Å². The number of allylic oxidation sites excluding steroid dienone is 1. The van der Waals surface area contributed by atoms with Gasteiger partial charge in [0.1, 0.15) is 12.4 Å². The van der Waals surface area contributed by atoms with E-state index in [9.17, 15) is 9.59 Å². The topological polar surface area (TPSA) is 88.4 Å². The first-order valence-corrected chi connectivity index (χ1v) is 16.9. The smallest absolute Gasteiger partial charge is 0.338 e. The highest BCUT2D eigenvalue weighted by atomic mass is 127. The molecule has 0 bridgehead atoms. The van der Waals surface area contributed by atoms with E-state index in [1.165, 1.54) is 23.0 Å². The van der Waals surface area contributed by atoms with Gasteiger partial charge in [0, 0.05) is 14.5 Å². The molecular weight excluding hydrogens is 827 g/mol. The van der Waals surface area contributed by atoms with Crippen LogP contribution in [0.5, 0.6) is 17.2 Å². The van der Waals surface area contributed by atoms with Crippen molar-refractivity contribution in [2.24, 2.45) is 4.99 Å². The standard InChI is InChI=1S/C32H27Br2IN2O6S/c1-5-42-31(39)27-17(2)36-32-37(28(27)21-14-24(40-3)25(41-4)15-22(21)34)30(38)26(44-32)12-19-11-20(33)13-23(35)29(19)43-16-18-9-7-6-8-10-18/h6-15,28H,5,16H2,1-4H3/b26-12-/t28-/m1/s1. The number of methoxy groups -OCH3 is 2. The molecular formula is C32H27Br2IN2O6S. The van der Waals surface area contributed by atoms with Gasteiger partial charge in [0.15, 0.2) is 16.3 Å². The van der Waals surface area contributed by atoms with Crippen molar-refractivity contribution in [3.05, 3.63) is 115 Å². The largest absolute Gasteiger partial charge is 0.493 e. The first-order chi connectivity index (χ1) is 21.2. The lowest BCUT2D eigenvalue weighted by Gasteiger charge is -2.26. The third-order valence-electron chi connectivity index (χ3n) is 6.86. The summed E-state index contributed by atoms with van der Waals surface area (Å²) < 4.78 is 27.1.